The maximum Gasteiger partial charge on any atom is 0.136 e. The molecule has 158 valence electrons. The Morgan fingerprint density at radius 1 is 0.676 bits per heavy atom. The van der Waals surface area contributed by atoms with Crippen LogP contribution in [0.4, 0.5) is 0 Å². The number of rotatable bonds is 2. The van der Waals surface area contributed by atoms with Gasteiger partial charge in [-0.25, -0.2) is 0 Å². The lowest BCUT2D eigenvalue weighted by Crippen LogP contribution is -1.98. The summed E-state index contributed by atoms with van der Waals surface area (Å²) in [6, 6.07) is 33.2. The average molecular weight is 435 g/mol. The highest BCUT2D eigenvalue weighted by molar-refractivity contribution is 6.17. The Bertz CT molecular complexity index is 1930. The molecule has 3 aromatic heterocycles. The molecule has 7 aromatic rings. The third-order valence-electron chi connectivity index (χ3n) is 6.55. The van der Waals surface area contributed by atoms with Gasteiger partial charge in [-0.15, -0.1) is 0 Å². The first-order valence-electron chi connectivity index (χ1n) is 11.1. The third-order valence-corrected chi connectivity index (χ3v) is 6.55. The normalized spacial score (nSPS) is 11.5. The van der Waals surface area contributed by atoms with Crippen LogP contribution in [0.1, 0.15) is 5.56 Å². The molecule has 0 fully saturated rings. The number of pyridine rings is 1. The van der Waals surface area contributed by atoms with Crippen molar-refractivity contribution in [1.82, 2.24) is 9.55 Å². The quantitative estimate of drug-likeness (QED) is 0.281. The summed E-state index contributed by atoms with van der Waals surface area (Å²) in [5, 5.41) is 14.2. The van der Waals surface area contributed by atoms with Crippen molar-refractivity contribution < 1.29 is 4.42 Å². The standard InChI is InChI=1S/C30H17N3O/c31-17-19-13-14-32-18-25(19)21-8-2-5-11-27(21)33-26-10-4-1-7-20(26)23-16-30-24(15-28(23)33)22-9-3-6-12-29(22)34-30/h1-16,18H. The van der Waals surface area contributed by atoms with Crippen LogP contribution in [0.2, 0.25) is 0 Å². The molecule has 0 radical (unpaired) electrons. The van der Waals surface area contributed by atoms with Gasteiger partial charge in [0.1, 0.15) is 11.2 Å². The van der Waals surface area contributed by atoms with Crippen molar-refractivity contribution in [2.75, 3.05) is 0 Å². The summed E-state index contributed by atoms with van der Waals surface area (Å²) >= 11 is 0. The molecule has 4 aromatic carbocycles. The van der Waals surface area contributed by atoms with E-state index in [1.807, 2.05) is 30.3 Å². The van der Waals surface area contributed by atoms with E-state index >= 15 is 0 Å². The summed E-state index contributed by atoms with van der Waals surface area (Å²) in [5.41, 5.74) is 7.35. The minimum absolute atomic E-state index is 0.603. The lowest BCUT2D eigenvalue weighted by atomic mass is 10.0. The van der Waals surface area contributed by atoms with E-state index in [2.05, 4.69) is 70.2 Å². The summed E-state index contributed by atoms with van der Waals surface area (Å²) in [6.45, 7) is 0. The molecule has 0 N–H and O–H groups in total. The highest BCUT2D eigenvalue weighted by Crippen LogP contribution is 2.40. The zero-order valence-corrected chi connectivity index (χ0v) is 18.1. The molecule has 0 aliphatic rings. The molecule has 0 aliphatic carbocycles. The van der Waals surface area contributed by atoms with Crippen LogP contribution in [0.5, 0.6) is 0 Å². The molecule has 0 atom stereocenters. The SMILES string of the molecule is N#Cc1ccncc1-c1ccccc1-n1c2ccccc2c2cc3oc4ccccc4c3cc21. The van der Waals surface area contributed by atoms with Crippen molar-refractivity contribution in [3.8, 4) is 22.9 Å². The molecule has 0 bridgehead atoms. The number of hydrogen-bond donors (Lipinski definition) is 0. The van der Waals surface area contributed by atoms with Crippen molar-refractivity contribution in [3.63, 3.8) is 0 Å². The molecule has 0 aliphatic heterocycles. The second-order valence-corrected chi connectivity index (χ2v) is 8.37. The summed E-state index contributed by atoms with van der Waals surface area (Å²) in [4.78, 5) is 4.31. The first-order chi connectivity index (χ1) is 16.8. The molecule has 7 rings (SSSR count). The van der Waals surface area contributed by atoms with Gasteiger partial charge >= 0.3 is 0 Å². The van der Waals surface area contributed by atoms with Crippen LogP contribution in [0, 0.1) is 11.3 Å². The van der Waals surface area contributed by atoms with Crippen molar-refractivity contribution in [2.24, 2.45) is 0 Å². The van der Waals surface area contributed by atoms with Gasteiger partial charge < -0.3 is 8.98 Å². The summed E-state index contributed by atoms with van der Waals surface area (Å²) in [7, 11) is 0. The maximum absolute atomic E-state index is 9.75. The number of nitrogens with zero attached hydrogens (tertiary/aromatic N) is 3. The number of hydrogen-bond acceptors (Lipinski definition) is 3. The van der Waals surface area contributed by atoms with Gasteiger partial charge in [-0.3, -0.25) is 4.98 Å². The van der Waals surface area contributed by atoms with Crippen LogP contribution in [0.25, 0.3) is 60.6 Å². The minimum Gasteiger partial charge on any atom is -0.456 e. The van der Waals surface area contributed by atoms with Crippen molar-refractivity contribution >= 4 is 43.7 Å². The monoisotopic (exact) mass is 435 g/mol. The molecule has 34 heavy (non-hydrogen) atoms. The largest absolute Gasteiger partial charge is 0.456 e. The van der Waals surface area contributed by atoms with E-state index in [-0.39, 0.29) is 0 Å². The summed E-state index contributed by atoms with van der Waals surface area (Å²) < 4.78 is 8.48. The Labute approximate surface area is 194 Å². The summed E-state index contributed by atoms with van der Waals surface area (Å²) in [5.74, 6) is 0. The first-order valence-corrected chi connectivity index (χ1v) is 11.1. The van der Waals surface area contributed by atoms with Gasteiger partial charge in [-0.2, -0.15) is 5.26 Å². The molecule has 0 unspecified atom stereocenters. The van der Waals surface area contributed by atoms with Gasteiger partial charge in [0.15, 0.2) is 0 Å². The Hall–Kier alpha value is -4.88. The van der Waals surface area contributed by atoms with Gasteiger partial charge in [0.25, 0.3) is 0 Å². The van der Waals surface area contributed by atoms with Crippen molar-refractivity contribution in [1.29, 1.82) is 5.26 Å². The van der Waals surface area contributed by atoms with Gasteiger partial charge in [0.2, 0.25) is 0 Å². The molecule has 0 saturated carbocycles. The number of aromatic nitrogens is 2. The Kier molecular flexibility index (Phi) is 3.88. The molecule has 4 heteroatoms. The minimum atomic E-state index is 0.603. The van der Waals surface area contributed by atoms with Crippen LogP contribution in [-0.2, 0) is 0 Å². The fourth-order valence-corrected chi connectivity index (χ4v) is 5.05. The van der Waals surface area contributed by atoms with Crippen molar-refractivity contribution in [2.45, 2.75) is 0 Å². The van der Waals surface area contributed by atoms with Gasteiger partial charge in [-0.05, 0) is 36.4 Å². The fourth-order valence-electron chi connectivity index (χ4n) is 5.05. The van der Waals surface area contributed by atoms with E-state index in [0.29, 0.717) is 5.56 Å². The van der Waals surface area contributed by atoms with E-state index in [4.69, 9.17) is 4.42 Å². The smallest absolute Gasteiger partial charge is 0.136 e. The van der Waals surface area contributed by atoms with Crippen molar-refractivity contribution in [3.05, 3.63) is 109 Å². The van der Waals surface area contributed by atoms with Gasteiger partial charge in [0.05, 0.1) is 28.4 Å². The Balaban J connectivity index is 1.64. The molecule has 3 heterocycles. The lowest BCUT2D eigenvalue weighted by molar-refractivity contribution is 0.669. The van der Waals surface area contributed by atoms with Crippen LogP contribution in [-0.4, -0.2) is 9.55 Å². The zero-order chi connectivity index (χ0) is 22.6. The van der Waals surface area contributed by atoms with Crippen LogP contribution in [0.15, 0.2) is 108 Å². The Morgan fingerprint density at radius 2 is 1.47 bits per heavy atom. The topological polar surface area (TPSA) is 54.8 Å². The van der Waals surface area contributed by atoms with Gasteiger partial charge in [-0.1, -0.05) is 54.6 Å². The zero-order valence-electron chi connectivity index (χ0n) is 18.1. The number of furan rings is 1. The van der Waals surface area contributed by atoms with E-state index in [1.54, 1.807) is 18.5 Å². The second-order valence-electron chi connectivity index (χ2n) is 8.37. The third kappa shape index (κ3) is 2.55. The van der Waals surface area contributed by atoms with Crippen LogP contribution < -0.4 is 0 Å². The van der Waals surface area contributed by atoms with Crippen LogP contribution in [0.3, 0.4) is 0 Å². The van der Waals surface area contributed by atoms with E-state index in [9.17, 15) is 5.26 Å². The van der Waals surface area contributed by atoms with E-state index in [1.165, 1.54) is 0 Å². The first kappa shape index (κ1) is 18.7. The predicted octanol–water partition coefficient (Wildman–Crippen LogP) is 7.62. The lowest BCUT2D eigenvalue weighted by Gasteiger charge is -2.14. The van der Waals surface area contributed by atoms with E-state index < -0.39 is 0 Å². The number of para-hydroxylation sites is 3. The Morgan fingerprint density at radius 3 is 2.38 bits per heavy atom. The predicted molar refractivity (Wildman–Crippen MR) is 136 cm³/mol. The molecular weight excluding hydrogens is 418 g/mol. The molecule has 0 amide bonds. The van der Waals surface area contributed by atoms with Crippen LogP contribution >= 0.6 is 0 Å². The average Bonchev–Trinajstić information content (AvgIpc) is 3.42. The summed E-state index contributed by atoms with van der Waals surface area (Å²) in [6.07, 6.45) is 3.43. The number of fused-ring (bicyclic) bond motifs is 6. The van der Waals surface area contributed by atoms with Gasteiger partial charge in [0, 0.05) is 45.1 Å². The molecule has 0 spiro atoms. The molecular formula is C30H17N3O. The second kappa shape index (κ2) is 7.06. The number of benzene rings is 4. The number of nitriles is 1. The molecule has 4 nitrogen and oxygen atoms in total. The van der Waals surface area contributed by atoms with E-state index in [0.717, 1.165) is 60.6 Å². The maximum atomic E-state index is 9.75. The molecule has 0 saturated heterocycles. The highest BCUT2D eigenvalue weighted by atomic mass is 16.3. The fraction of sp³-hybridized carbons (Fsp3) is 0. The highest BCUT2D eigenvalue weighted by Gasteiger charge is 2.19.